The molecule has 8 heteroatoms. The monoisotopic (exact) mass is 807 g/mol. The summed E-state index contributed by atoms with van der Waals surface area (Å²) < 4.78 is 16.7. The van der Waals surface area contributed by atoms with Crippen LogP contribution in [0.15, 0.2) is 0 Å². The van der Waals surface area contributed by atoms with E-state index in [4.69, 9.17) is 14.2 Å². The van der Waals surface area contributed by atoms with Crippen LogP contribution in [-0.2, 0) is 28.6 Å². The lowest BCUT2D eigenvalue weighted by atomic mass is 10.0. The maximum absolute atomic E-state index is 13.0. The third-order valence-corrected chi connectivity index (χ3v) is 12.0. The van der Waals surface area contributed by atoms with Crippen LogP contribution >= 0.6 is 0 Å². The normalized spacial score (nSPS) is 15.7. The van der Waals surface area contributed by atoms with Gasteiger partial charge in [-0.25, -0.2) is 0 Å². The van der Waals surface area contributed by atoms with E-state index in [1.807, 2.05) is 0 Å². The SMILES string of the molecule is CCCCCCCCCCCCCCCCCCOC(=O)CC(CC(=O)OCCCCCCCCCCCCCCCCCC)NC(=O)CN1C[C@@H](C)[C@H](OC)C1. The molecule has 0 aromatic carbocycles. The Kier molecular flexibility index (Phi) is 37.2. The average molecular weight is 807 g/mol. The van der Waals surface area contributed by atoms with Gasteiger partial charge in [0, 0.05) is 26.2 Å². The highest BCUT2D eigenvalue weighted by Gasteiger charge is 2.31. The second kappa shape index (κ2) is 39.8. The first-order valence-electron chi connectivity index (χ1n) is 24.7. The largest absolute Gasteiger partial charge is 0.466 e. The van der Waals surface area contributed by atoms with Gasteiger partial charge in [-0.1, -0.05) is 213 Å². The molecule has 0 aromatic rings. The third-order valence-electron chi connectivity index (χ3n) is 12.0. The number of nitrogens with one attached hydrogen (secondary N) is 1. The maximum Gasteiger partial charge on any atom is 0.307 e. The lowest BCUT2D eigenvalue weighted by Gasteiger charge is -2.20. The number of unbranched alkanes of at least 4 members (excludes halogenated alkanes) is 30. The summed E-state index contributed by atoms with van der Waals surface area (Å²) in [5.41, 5.74) is 0. The average Bonchev–Trinajstić information content (AvgIpc) is 3.55. The molecule has 2 atom stereocenters. The molecule has 336 valence electrons. The molecular weight excluding hydrogens is 713 g/mol. The van der Waals surface area contributed by atoms with Crippen molar-refractivity contribution in [2.75, 3.05) is 40.0 Å². The number of likely N-dealkylation sites (tertiary alicyclic amines) is 1. The third kappa shape index (κ3) is 33.8. The fraction of sp³-hybridized carbons (Fsp3) is 0.939. The predicted octanol–water partition coefficient (Wildman–Crippen LogP) is 12.8. The van der Waals surface area contributed by atoms with E-state index in [1.165, 1.54) is 167 Å². The van der Waals surface area contributed by atoms with Crippen LogP contribution in [0.1, 0.15) is 239 Å². The summed E-state index contributed by atoms with van der Waals surface area (Å²) in [6, 6.07) is -0.646. The van der Waals surface area contributed by atoms with Gasteiger partial charge in [0.05, 0.1) is 38.7 Å². The number of carbonyl (C=O) groups excluding carboxylic acids is 3. The van der Waals surface area contributed by atoms with Crippen LogP contribution in [0.5, 0.6) is 0 Å². The molecule has 0 aliphatic carbocycles. The minimum absolute atomic E-state index is 0.0319. The van der Waals surface area contributed by atoms with E-state index in [0.29, 0.717) is 25.7 Å². The Labute approximate surface area is 352 Å². The standard InChI is InChI=1S/C49H94N2O6/c1-5-7-9-11-13-15-17-19-21-23-25-27-29-31-33-35-37-56-48(53)39-45(50-47(52)43-51-41-44(3)46(42-51)55-4)40-49(54)57-38-36-34-32-30-28-26-24-22-20-18-16-14-12-10-8-6-2/h44-46H,5-43H2,1-4H3,(H,50,52)/t44-,46-/m1/s1. The molecule has 1 saturated heterocycles. The molecular formula is C49H94N2O6. The summed E-state index contributed by atoms with van der Waals surface area (Å²) in [7, 11) is 1.71. The van der Waals surface area contributed by atoms with Crippen molar-refractivity contribution in [3.63, 3.8) is 0 Å². The lowest BCUT2D eigenvalue weighted by Crippen LogP contribution is -2.44. The predicted molar refractivity (Wildman–Crippen MR) is 239 cm³/mol. The number of nitrogens with zero attached hydrogens (tertiary/aromatic N) is 1. The second-order valence-corrected chi connectivity index (χ2v) is 17.7. The number of hydrogen-bond acceptors (Lipinski definition) is 7. The topological polar surface area (TPSA) is 94.2 Å². The van der Waals surface area contributed by atoms with Gasteiger partial charge < -0.3 is 19.5 Å². The highest BCUT2D eigenvalue weighted by atomic mass is 16.5. The summed E-state index contributed by atoms with van der Waals surface area (Å²) in [5, 5.41) is 2.95. The van der Waals surface area contributed by atoms with Gasteiger partial charge in [-0.15, -0.1) is 0 Å². The molecule has 0 saturated carbocycles. The Morgan fingerprint density at radius 2 is 0.825 bits per heavy atom. The van der Waals surface area contributed by atoms with Crippen molar-refractivity contribution in [2.24, 2.45) is 5.92 Å². The van der Waals surface area contributed by atoms with Crippen LogP contribution < -0.4 is 5.32 Å². The number of esters is 2. The molecule has 0 radical (unpaired) electrons. The smallest absolute Gasteiger partial charge is 0.307 e. The molecule has 1 N–H and O–H groups in total. The van der Waals surface area contributed by atoms with Crippen LogP contribution in [0, 0.1) is 5.92 Å². The van der Waals surface area contributed by atoms with E-state index in [0.717, 1.165) is 45.1 Å². The first kappa shape index (κ1) is 53.3. The molecule has 1 rings (SSSR count). The van der Waals surface area contributed by atoms with Crippen molar-refractivity contribution in [1.29, 1.82) is 0 Å². The van der Waals surface area contributed by atoms with Crippen LogP contribution in [0.2, 0.25) is 0 Å². The van der Waals surface area contributed by atoms with Gasteiger partial charge in [0.25, 0.3) is 0 Å². The number of ether oxygens (including phenoxy) is 3. The molecule has 1 amide bonds. The van der Waals surface area contributed by atoms with Gasteiger partial charge in [-0.2, -0.15) is 0 Å². The summed E-state index contributed by atoms with van der Waals surface area (Å²) >= 11 is 0. The minimum Gasteiger partial charge on any atom is -0.466 e. The second-order valence-electron chi connectivity index (χ2n) is 17.7. The van der Waals surface area contributed by atoms with Crippen molar-refractivity contribution >= 4 is 17.8 Å². The first-order chi connectivity index (χ1) is 27.9. The minimum atomic E-state index is -0.646. The van der Waals surface area contributed by atoms with Crippen LogP contribution in [-0.4, -0.2) is 74.8 Å². The first-order valence-corrected chi connectivity index (χ1v) is 24.7. The zero-order valence-corrected chi connectivity index (χ0v) is 38.2. The summed E-state index contributed by atoms with van der Waals surface area (Å²) in [6.07, 6.45) is 41.6. The fourth-order valence-electron chi connectivity index (χ4n) is 8.31. The molecule has 8 nitrogen and oxygen atoms in total. The van der Waals surface area contributed by atoms with E-state index in [1.54, 1.807) is 7.11 Å². The molecule has 1 fully saturated rings. The number of carbonyl (C=O) groups is 3. The quantitative estimate of drug-likeness (QED) is 0.0485. The van der Waals surface area contributed by atoms with E-state index in [2.05, 4.69) is 31.0 Å². The van der Waals surface area contributed by atoms with E-state index < -0.39 is 6.04 Å². The number of amides is 1. The van der Waals surface area contributed by atoms with E-state index in [-0.39, 0.29) is 43.3 Å². The summed E-state index contributed by atoms with van der Waals surface area (Å²) in [6.45, 7) is 9.12. The Morgan fingerprint density at radius 3 is 1.12 bits per heavy atom. The number of hydrogen-bond donors (Lipinski definition) is 1. The number of methoxy groups -OCH3 is 1. The van der Waals surface area contributed by atoms with Crippen molar-refractivity contribution in [1.82, 2.24) is 10.2 Å². The van der Waals surface area contributed by atoms with Gasteiger partial charge in [-0.3, -0.25) is 19.3 Å². The summed E-state index contributed by atoms with van der Waals surface area (Å²) in [5.74, 6) is -0.597. The van der Waals surface area contributed by atoms with Gasteiger partial charge >= 0.3 is 11.9 Å². The number of rotatable bonds is 42. The van der Waals surface area contributed by atoms with Crippen molar-refractivity contribution in [2.45, 2.75) is 251 Å². The maximum atomic E-state index is 13.0. The lowest BCUT2D eigenvalue weighted by molar-refractivity contribution is -0.146. The highest BCUT2D eigenvalue weighted by molar-refractivity contribution is 5.81. The van der Waals surface area contributed by atoms with E-state index in [9.17, 15) is 14.4 Å². The summed E-state index contributed by atoms with van der Waals surface area (Å²) in [4.78, 5) is 40.7. The van der Waals surface area contributed by atoms with Gasteiger partial charge in [0.1, 0.15) is 0 Å². The molecule has 1 aliphatic heterocycles. The van der Waals surface area contributed by atoms with Crippen LogP contribution in [0.25, 0.3) is 0 Å². The van der Waals surface area contributed by atoms with Crippen molar-refractivity contribution < 1.29 is 28.6 Å². The highest BCUT2D eigenvalue weighted by Crippen LogP contribution is 2.19. The van der Waals surface area contributed by atoms with Crippen LogP contribution in [0.4, 0.5) is 0 Å². The molecule has 0 spiro atoms. The Balaban J connectivity index is 2.22. The molecule has 0 bridgehead atoms. The Hall–Kier alpha value is -1.67. The Morgan fingerprint density at radius 1 is 0.509 bits per heavy atom. The Bertz CT molecular complexity index is 880. The molecule has 1 aliphatic rings. The van der Waals surface area contributed by atoms with Crippen molar-refractivity contribution in [3.05, 3.63) is 0 Å². The zero-order chi connectivity index (χ0) is 41.4. The van der Waals surface area contributed by atoms with Gasteiger partial charge in [0.15, 0.2) is 0 Å². The van der Waals surface area contributed by atoms with Crippen molar-refractivity contribution in [3.8, 4) is 0 Å². The van der Waals surface area contributed by atoms with Crippen LogP contribution in [0.3, 0.4) is 0 Å². The molecule has 0 unspecified atom stereocenters. The molecule has 1 heterocycles. The van der Waals surface area contributed by atoms with Gasteiger partial charge in [0.2, 0.25) is 5.91 Å². The molecule has 0 aromatic heterocycles. The fourth-order valence-corrected chi connectivity index (χ4v) is 8.31. The van der Waals surface area contributed by atoms with Gasteiger partial charge in [-0.05, 0) is 18.8 Å². The van der Waals surface area contributed by atoms with E-state index >= 15 is 0 Å². The molecule has 57 heavy (non-hydrogen) atoms. The zero-order valence-electron chi connectivity index (χ0n) is 38.2.